The number of fused-ring (bicyclic) bond motifs is 2. The summed E-state index contributed by atoms with van der Waals surface area (Å²) in [6.45, 7) is 0.318. The second-order valence-electron chi connectivity index (χ2n) is 6.68. The van der Waals surface area contributed by atoms with Crippen LogP contribution in [0.15, 0.2) is 59.7 Å². The average molecular weight is 417 g/mol. The van der Waals surface area contributed by atoms with Crippen LogP contribution in [0.5, 0.6) is 0 Å². The molecule has 4 heterocycles. The highest BCUT2D eigenvalue weighted by Gasteiger charge is 2.23. The van der Waals surface area contributed by atoms with Gasteiger partial charge in [-0.3, -0.25) is 9.20 Å². The third kappa shape index (κ3) is 3.01. The lowest BCUT2D eigenvalue weighted by molar-refractivity contribution is 0.0689. The van der Waals surface area contributed by atoms with Gasteiger partial charge in [0.05, 0.1) is 22.9 Å². The monoisotopic (exact) mass is 417 g/mol. The number of aromatic amines is 1. The number of nitrogens with zero attached hydrogens (tertiary/aromatic N) is 3. The third-order valence-electron chi connectivity index (χ3n) is 4.83. The maximum Gasteiger partial charge on any atom is 0.355 e. The van der Waals surface area contributed by atoms with Gasteiger partial charge in [-0.2, -0.15) is 11.3 Å². The van der Waals surface area contributed by atoms with E-state index in [9.17, 15) is 14.7 Å². The van der Waals surface area contributed by atoms with E-state index in [0.29, 0.717) is 29.0 Å². The van der Waals surface area contributed by atoms with E-state index in [4.69, 9.17) is 0 Å². The fourth-order valence-electron chi connectivity index (χ4n) is 3.42. The van der Waals surface area contributed by atoms with Gasteiger partial charge in [-0.15, -0.1) is 0 Å². The summed E-state index contributed by atoms with van der Waals surface area (Å²) in [4.78, 5) is 36.5. The Labute approximate surface area is 173 Å². The highest BCUT2D eigenvalue weighted by molar-refractivity contribution is 7.08. The zero-order valence-electron chi connectivity index (χ0n) is 15.5. The Bertz CT molecular complexity index is 1400. The van der Waals surface area contributed by atoms with Crippen molar-refractivity contribution in [2.75, 3.05) is 0 Å². The molecule has 0 aliphatic rings. The molecule has 0 saturated heterocycles. The number of pyridine rings is 1. The van der Waals surface area contributed by atoms with Gasteiger partial charge in [0.15, 0.2) is 11.3 Å². The molecule has 30 heavy (non-hydrogen) atoms. The summed E-state index contributed by atoms with van der Waals surface area (Å²) in [7, 11) is 0. The van der Waals surface area contributed by atoms with Crippen LogP contribution in [0, 0.1) is 0 Å². The number of hydrogen-bond donors (Lipinski definition) is 3. The van der Waals surface area contributed by atoms with Crippen LogP contribution in [-0.4, -0.2) is 36.3 Å². The number of H-pyrrole nitrogens is 1. The molecule has 1 amide bonds. The van der Waals surface area contributed by atoms with Gasteiger partial charge >= 0.3 is 5.97 Å². The lowest BCUT2D eigenvalue weighted by Gasteiger charge is -2.07. The molecule has 0 spiro atoms. The number of carbonyl (C=O) groups excluding carboxylic acids is 1. The summed E-state index contributed by atoms with van der Waals surface area (Å²) < 4.78 is 1.45. The van der Waals surface area contributed by atoms with Crippen LogP contribution in [0.4, 0.5) is 0 Å². The number of carboxylic acids is 1. The molecule has 0 aliphatic carbocycles. The fraction of sp³-hybridized carbons (Fsp3) is 0.0476. The zero-order valence-corrected chi connectivity index (χ0v) is 16.3. The number of amides is 1. The molecule has 0 saturated carbocycles. The summed E-state index contributed by atoms with van der Waals surface area (Å²) in [6.07, 6.45) is 3.22. The molecule has 0 radical (unpaired) electrons. The smallest absolute Gasteiger partial charge is 0.355 e. The Morgan fingerprint density at radius 2 is 2.13 bits per heavy atom. The number of imidazole rings is 2. The first-order chi connectivity index (χ1) is 14.6. The van der Waals surface area contributed by atoms with Gasteiger partial charge in [-0.1, -0.05) is 6.07 Å². The average Bonchev–Trinajstić information content (AvgIpc) is 3.49. The number of thiophene rings is 1. The molecule has 1 aromatic carbocycles. The highest BCUT2D eigenvalue weighted by atomic mass is 32.1. The van der Waals surface area contributed by atoms with Crippen LogP contribution < -0.4 is 5.32 Å². The minimum Gasteiger partial charge on any atom is -0.476 e. The van der Waals surface area contributed by atoms with Crippen molar-refractivity contribution in [3.63, 3.8) is 0 Å². The van der Waals surface area contributed by atoms with Crippen molar-refractivity contribution in [2.45, 2.75) is 6.54 Å². The standard InChI is InChI=1S/C21H15N5O3S/c27-20(22-9-12-3-4-15-16(8-12)24-11-23-15)14-2-1-6-26-18(21(28)29)17(25-19(14)26)13-5-7-30-10-13/h1-8,10-11H,9H2,(H,22,27)(H,23,24)(H,28,29). The molecule has 0 aliphatic heterocycles. The molecule has 3 N–H and O–H groups in total. The van der Waals surface area contributed by atoms with Crippen molar-refractivity contribution in [1.29, 1.82) is 0 Å². The van der Waals surface area contributed by atoms with Crippen LogP contribution in [0.2, 0.25) is 0 Å². The lowest BCUT2D eigenvalue weighted by Crippen LogP contribution is -2.23. The summed E-state index contributed by atoms with van der Waals surface area (Å²) in [5.41, 5.74) is 4.36. The molecule has 0 fully saturated rings. The van der Waals surface area contributed by atoms with Crippen molar-refractivity contribution in [1.82, 2.24) is 24.7 Å². The SMILES string of the molecule is O=C(NCc1ccc2nc[nH]c2c1)c1cccn2c(C(=O)O)c(-c3ccsc3)nc12. The minimum atomic E-state index is -1.10. The van der Waals surface area contributed by atoms with Crippen molar-refractivity contribution >= 4 is 39.9 Å². The van der Waals surface area contributed by atoms with Crippen LogP contribution in [0.25, 0.3) is 27.9 Å². The van der Waals surface area contributed by atoms with Crippen molar-refractivity contribution in [2.24, 2.45) is 0 Å². The Morgan fingerprint density at radius 3 is 2.93 bits per heavy atom. The third-order valence-corrected chi connectivity index (χ3v) is 5.51. The van der Waals surface area contributed by atoms with Crippen molar-refractivity contribution < 1.29 is 14.7 Å². The number of rotatable bonds is 5. The van der Waals surface area contributed by atoms with Gasteiger partial charge in [0, 0.05) is 23.7 Å². The van der Waals surface area contributed by atoms with E-state index in [1.54, 1.807) is 24.7 Å². The number of carbonyl (C=O) groups is 2. The summed E-state index contributed by atoms with van der Waals surface area (Å²) in [5.74, 6) is -1.43. The molecule has 9 heteroatoms. The zero-order chi connectivity index (χ0) is 20.7. The predicted molar refractivity (Wildman–Crippen MR) is 113 cm³/mol. The van der Waals surface area contributed by atoms with E-state index in [2.05, 4.69) is 20.3 Å². The number of aromatic carboxylic acids is 1. The van der Waals surface area contributed by atoms with Crippen LogP contribution >= 0.6 is 11.3 Å². The number of carboxylic acid groups (broad SMARTS) is 1. The molecule has 5 rings (SSSR count). The molecule has 148 valence electrons. The lowest BCUT2D eigenvalue weighted by atomic mass is 10.2. The topological polar surface area (TPSA) is 112 Å². The Morgan fingerprint density at radius 1 is 1.23 bits per heavy atom. The number of nitrogens with one attached hydrogen (secondary N) is 2. The van der Waals surface area contributed by atoms with Crippen molar-refractivity contribution in [3.8, 4) is 11.3 Å². The van der Waals surface area contributed by atoms with E-state index >= 15 is 0 Å². The number of hydrogen-bond acceptors (Lipinski definition) is 5. The highest BCUT2D eigenvalue weighted by Crippen LogP contribution is 2.27. The van der Waals surface area contributed by atoms with E-state index < -0.39 is 5.97 Å². The molecule has 5 aromatic rings. The second-order valence-corrected chi connectivity index (χ2v) is 7.46. The second kappa shape index (κ2) is 7.12. The number of aromatic nitrogens is 4. The first kappa shape index (κ1) is 18.1. The van der Waals surface area contributed by atoms with E-state index in [1.165, 1.54) is 15.7 Å². The summed E-state index contributed by atoms with van der Waals surface area (Å²) in [6, 6.07) is 10.8. The predicted octanol–water partition coefficient (Wildman–Crippen LogP) is 3.57. The Hall–Kier alpha value is -3.98. The molecule has 0 bridgehead atoms. The fourth-order valence-corrected chi connectivity index (χ4v) is 4.06. The van der Waals surface area contributed by atoms with Crippen molar-refractivity contribution in [3.05, 3.63) is 76.5 Å². The first-order valence-corrected chi connectivity index (χ1v) is 10.0. The Kier molecular flexibility index (Phi) is 4.29. The van der Waals surface area contributed by atoms with Gasteiger partial charge < -0.3 is 15.4 Å². The van der Waals surface area contributed by atoms with E-state index in [0.717, 1.165) is 16.6 Å². The molecule has 0 atom stereocenters. The maximum atomic E-state index is 12.9. The van der Waals surface area contributed by atoms with E-state index in [-0.39, 0.29) is 11.6 Å². The largest absolute Gasteiger partial charge is 0.476 e. The maximum absolute atomic E-state index is 12.9. The summed E-state index contributed by atoms with van der Waals surface area (Å²) in [5, 5.41) is 16.3. The van der Waals surface area contributed by atoms with Crippen LogP contribution in [0.1, 0.15) is 26.4 Å². The van der Waals surface area contributed by atoms with Gasteiger partial charge in [-0.05, 0) is 41.3 Å². The molecule has 4 aromatic heterocycles. The minimum absolute atomic E-state index is 0.0303. The normalized spacial score (nSPS) is 11.2. The van der Waals surface area contributed by atoms with Gasteiger partial charge in [0.25, 0.3) is 5.91 Å². The summed E-state index contributed by atoms with van der Waals surface area (Å²) >= 11 is 1.45. The van der Waals surface area contributed by atoms with Gasteiger partial charge in [0.2, 0.25) is 0 Å². The quantitative estimate of drug-likeness (QED) is 0.405. The molecule has 0 unspecified atom stereocenters. The molecular formula is C21H15N5O3S. The van der Waals surface area contributed by atoms with Crippen LogP contribution in [-0.2, 0) is 6.54 Å². The van der Waals surface area contributed by atoms with E-state index in [1.807, 2.05) is 35.0 Å². The molecular weight excluding hydrogens is 402 g/mol. The first-order valence-electron chi connectivity index (χ1n) is 9.09. The van der Waals surface area contributed by atoms with Gasteiger partial charge in [-0.25, -0.2) is 14.8 Å². The molecule has 8 nitrogen and oxygen atoms in total. The van der Waals surface area contributed by atoms with Gasteiger partial charge in [0.1, 0.15) is 5.69 Å². The Balaban J connectivity index is 1.49. The number of benzene rings is 1. The van der Waals surface area contributed by atoms with Crippen LogP contribution in [0.3, 0.4) is 0 Å².